The molecule has 2 heterocycles. The number of benzene rings is 1. The lowest BCUT2D eigenvalue weighted by Gasteiger charge is -2.24. The Balaban J connectivity index is 1.71. The molecular weight excluding hydrogens is 320 g/mol. The average Bonchev–Trinajstić information content (AvgIpc) is 3.29. The maximum atomic E-state index is 12.9. The number of carbonyl (C=O) groups excluding carboxylic acids is 1. The molecule has 2 N–H and O–H groups in total. The second-order valence-corrected chi connectivity index (χ2v) is 6.23. The van der Waals surface area contributed by atoms with E-state index in [2.05, 4.69) is 22.4 Å². The first-order valence-electron chi connectivity index (χ1n) is 8.79. The number of hydrogen-bond acceptors (Lipinski definition) is 6. The van der Waals surface area contributed by atoms with Gasteiger partial charge in [-0.2, -0.15) is 4.98 Å². The molecule has 7 nitrogen and oxygen atoms in total. The van der Waals surface area contributed by atoms with Crippen molar-refractivity contribution in [2.24, 2.45) is 0 Å². The van der Waals surface area contributed by atoms with E-state index in [1.54, 1.807) is 11.0 Å². The summed E-state index contributed by atoms with van der Waals surface area (Å²) in [6.07, 6.45) is 3.49. The van der Waals surface area contributed by atoms with Crippen molar-refractivity contribution in [3.8, 4) is 0 Å². The summed E-state index contributed by atoms with van der Waals surface area (Å²) >= 11 is 0. The fraction of sp³-hybridized carbons (Fsp3) is 0.500. The van der Waals surface area contributed by atoms with Crippen molar-refractivity contribution in [2.45, 2.75) is 45.2 Å². The van der Waals surface area contributed by atoms with Crippen LogP contribution in [0.2, 0.25) is 0 Å². The Labute approximate surface area is 147 Å². The molecule has 1 atom stereocenters. The number of hydrogen-bond donors (Lipinski definition) is 2. The van der Waals surface area contributed by atoms with Crippen molar-refractivity contribution < 1.29 is 14.4 Å². The molecule has 0 bridgehead atoms. The highest BCUT2D eigenvalue weighted by Crippen LogP contribution is 2.24. The Bertz CT molecular complexity index is 716. The standard InChI is InChI=1S/C18H24N4O3/c1-2-6-17-20-16(21-25-17)11-19-15-9-4-3-8-14(15)18(24)22-10-5-7-13(22)12-23/h3-4,8-9,13,19,23H,2,5-7,10-12H2,1H3. The average molecular weight is 344 g/mol. The first kappa shape index (κ1) is 17.4. The second-order valence-electron chi connectivity index (χ2n) is 6.23. The number of rotatable bonds is 7. The molecule has 3 rings (SSSR count). The highest BCUT2D eigenvalue weighted by atomic mass is 16.5. The van der Waals surface area contributed by atoms with Gasteiger partial charge in [0.15, 0.2) is 5.82 Å². The van der Waals surface area contributed by atoms with Gasteiger partial charge < -0.3 is 19.8 Å². The molecule has 1 amide bonds. The maximum Gasteiger partial charge on any atom is 0.256 e. The van der Waals surface area contributed by atoms with Gasteiger partial charge in [-0.15, -0.1) is 0 Å². The molecule has 1 aromatic heterocycles. The van der Waals surface area contributed by atoms with Crippen molar-refractivity contribution in [1.82, 2.24) is 15.0 Å². The van der Waals surface area contributed by atoms with Crippen molar-refractivity contribution in [1.29, 1.82) is 0 Å². The van der Waals surface area contributed by atoms with Crippen LogP contribution >= 0.6 is 0 Å². The first-order valence-corrected chi connectivity index (χ1v) is 8.79. The van der Waals surface area contributed by atoms with Crippen molar-refractivity contribution in [3.63, 3.8) is 0 Å². The van der Waals surface area contributed by atoms with E-state index in [0.29, 0.717) is 30.4 Å². The molecule has 1 aliphatic heterocycles. The number of aryl methyl sites for hydroxylation is 1. The third-order valence-electron chi connectivity index (χ3n) is 4.42. The van der Waals surface area contributed by atoms with E-state index in [-0.39, 0.29) is 18.6 Å². The van der Waals surface area contributed by atoms with E-state index in [9.17, 15) is 9.90 Å². The van der Waals surface area contributed by atoms with Crippen LogP contribution in [0, 0.1) is 0 Å². The minimum Gasteiger partial charge on any atom is -0.394 e. The van der Waals surface area contributed by atoms with Crippen LogP contribution in [0.5, 0.6) is 0 Å². The van der Waals surface area contributed by atoms with Crippen LogP contribution in [-0.4, -0.2) is 45.2 Å². The zero-order chi connectivity index (χ0) is 17.6. The quantitative estimate of drug-likeness (QED) is 0.800. The van der Waals surface area contributed by atoms with Crippen LogP contribution in [0.15, 0.2) is 28.8 Å². The Kier molecular flexibility index (Phi) is 5.65. The molecule has 1 saturated heterocycles. The third-order valence-corrected chi connectivity index (χ3v) is 4.42. The van der Waals surface area contributed by atoms with Crippen molar-refractivity contribution >= 4 is 11.6 Å². The van der Waals surface area contributed by atoms with E-state index in [4.69, 9.17) is 4.52 Å². The number of nitrogens with one attached hydrogen (secondary N) is 1. The summed E-state index contributed by atoms with van der Waals surface area (Å²) in [6, 6.07) is 7.30. The minimum absolute atomic E-state index is 0.00437. The molecule has 0 saturated carbocycles. The first-order chi connectivity index (χ1) is 12.2. The number of aromatic nitrogens is 2. The normalized spacial score (nSPS) is 17.0. The predicted octanol–water partition coefficient (Wildman–Crippen LogP) is 2.23. The smallest absolute Gasteiger partial charge is 0.256 e. The van der Waals surface area contributed by atoms with Gasteiger partial charge in [0.1, 0.15) is 0 Å². The Morgan fingerprint density at radius 1 is 1.44 bits per heavy atom. The lowest BCUT2D eigenvalue weighted by molar-refractivity contribution is 0.0678. The van der Waals surface area contributed by atoms with Gasteiger partial charge in [-0.25, -0.2) is 0 Å². The number of aliphatic hydroxyl groups excluding tert-OH is 1. The number of carbonyl (C=O) groups is 1. The van der Waals surface area contributed by atoms with Gasteiger partial charge in [-0.05, 0) is 31.4 Å². The van der Waals surface area contributed by atoms with Gasteiger partial charge in [0.05, 0.1) is 24.8 Å². The fourth-order valence-corrected chi connectivity index (χ4v) is 3.12. The maximum absolute atomic E-state index is 12.9. The molecular formula is C18H24N4O3. The van der Waals surface area contributed by atoms with Crippen LogP contribution in [-0.2, 0) is 13.0 Å². The molecule has 134 valence electrons. The minimum atomic E-state index is -0.0886. The van der Waals surface area contributed by atoms with Crippen LogP contribution in [0.1, 0.15) is 48.3 Å². The highest BCUT2D eigenvalue weighted by Gasteiger charge is 2.29. The summed E-state index contributed by atoms with van der Waals surface area (Å²) in [5.41, 5.74) is 1.33. The molecule has 1 aliphatic rings. The monoisotopic (exact) mass is 344 g/mol. The van der Waals surface area contributed by atoms with Crippen molar-refractivity contribution in [2.75, 3.05) is 18.5 Å². The topological polar surface area (TPSA) is 91.5 Å². The molecule has 2 aromatic rings. The Hall–Kier alpha value is -2.41. The summed E-state index contributed by atoms with van der Waals surface area (Å²) < 4.78 is 5.18. The van der Waals surface area contributed by atoms with E-state index >= 15 is 0 Å². The predicted molar refractivity (Wildman–Crippen MR) is 93.2 cm³/mol. The SMILES string of the molecule is CCCc1nc(CNc2ccccc2C(=O)N2CCCC2CO)no1. The van der Waals surface area contributed by atoms with Gasteiger partial charge in [-0.1, -0.05) is 24.2 Å². The van der Waals surface area contributed by atoms with Crippen LogP contribution in [0.25, 0.3) is 0 Å². The van der Waals surface area contributed by atoms with Crippen LogP contribution in [0.3, 0.4) is 0 Å². The van der Waals surface area contributed by atoms with Gasteiger partial charge in [0, 0.05) is 18.7 Å². The number of aliphatic hydroxyl groups is 1. The molecule has 1 unspecified atom stereocenters. The van der Waals surface area contributed by atoms with E-state index < -0.39 is 0 Å². The summed E-state index contributed by atoms with van der Waals surface area (Å²) in [5.74, 6) is 1.14. The number of para-hydroxylation sites is 1. The Morgan fingerprint density at radius 2 is 2.28 bits per heavy atom. The number of anilines is 1. The lowest BCUT2D eigenvalue weighted by atomic mass is 10.1. The number of nitrogens with zero attached hydrogens (tertiary/aromatic N) is 3. The van der Waals surface area contributed by atoms with E-state index in [1.807, 2.05) is 18.2 Å². The molecule has 0 spiro atoms. The third kappa shape index (κ3) is 3.99. The van der Waals surface area contributed by atoms with Gasteiger partial charge in [0.25, 0.3) is 5.91 Å². The molecule has 0 aliphatic carbocycles. The Morgan fingerprint density at radius 3 is 3.08 bits per heavy atom. The zero-order valence-electron chi connectivity index (χ0n) is 14.4. The highest BCUT2D eigenvalue weighted by molar-refractivity contribution is 5.99. The van der Waals surface area contributed by atoms with Gasteiger partial charge in [-0.3, -0.25) is 4.79 Å². The fourth-order valence-electron chi connectivity index (χ4n) is 3.12. The van der Waals surface area contributed by atoms with E-state index in [0.717, 1.165) is 31.4 Å². The lowest BCUT2D eigenvalue weighted by Crippen LogP contribution is -2.37. The van der Waals surface area contributed by atoms with Crippen molar-refractivity contribution in [3.05, 3.63) is 41.5 Å². The van der Waals surface area contributed by atoms with E-state index in [1.165, 1.54) is 0 Å². The number of amides is 1. The largest absolute Gasteiger partial charge is 0.394 e. The molecule has 1 aromatic carbocycles. The zero-order valence-corrected chi connectivity index (χ0v) is 14.4. The molecule has 0 radical (unpaired) electrons. The molecule has 1 fully saturated rings. The summed E-state index contributed by atoms with van der Waals surface area (Å²) in [5, 5.41) is 16.6. The molecule has 7 heteroatoms. The van der Waals surface area contributed by atoms with Crippen LogP contribution in [0.4, 0.5) is 5.69 Å². The number of likely N-dealkylation sites (tertiary alicyclic amines) is 1. The second kappa shape index (κ2) is 8.11. The van der Waals surface area contributed by atoms with Crippen LogP contribution < -0.4 is 5.32 Å². The summed E-state index contributed by atoms with van der Waals surface area (Å²) in [6.45, 7) is 3.14. The van der Waals surface area contributed by atoms with Gasteiger partial charge in [0.2, 0.25) is 5.89 Å². The summed E-state index contributed by atoms with van der Waals surface area (Å²) in [7, 11) is 0. The summed E-state index contributed by atoms with van der Waals surface area (Å²) in [4.78, 5) is 18.9. The van der Waals surface area contributed by atoms with Gasteiger partial charge >= 0.3 is 0 Å². The molecule has 25 heavy (non-hydrogen) atoms.